The van der Waals surface area contributed by atoms with Crippen molar-refractivity contribution in [2.45, 2.75) is 25.4 Å². The van der Waals surface area contributed by atoms with Gasteiger partial charge < -0.3 is 10.1 Å². The van der Waals surface area contributed by atoms with Gasteiger partial charge in [-0.05, 0) is 41.3 Å². The van der Waals surface area contributed by atoms with E-state index in [-0.39, 0.29) is 24.1 Å². The first-order valence-corrected chi connectivity index (χ1v) is 8.77. The third-order valence-electron chi connectivity index (χ3n) is 4.51. The lowest BCUT2D eigenvalue weighted by atomic mass is 9.99. The number of hydrogen-bond acceptors (Lipinski definition) is 4. The van der Waals surface area contributed by atoms with Crippen LogP contribution in [-0.4, -0.2) is 25.5 Å². The molecule has 0 amide bonds. The Morgan fingerprint density at radius 1 is 1.31 bits per heavy atom. The number of aryl methyl sites for hydroxylation is 1. The van der Waals surface area contributed by atoms with Gasteiger partial charge in [0.25, 0.3) is 0 Å². The number of ether oxygens (including phenoxy) is 1. The van der Waals surface area contributed by atoms with Gasteiger partial charge in [0.1, 0.15) is 11.6 Å². The molecule has 0 aromatic heterocycles. The number of carbonyl (C=O) groups is 1. The summed E-state index contributed by atoms with van der Waals surface area (Å²) in [6.07, 6.45) is 0.810. The predicted molar refractivity (Wildman–Crippen MR) is 96.2 cm³/mol. The molecule has 26 heavy (non-hydrogen) atoms. The number of nitrogens with one attached hydrogen (secondary N) is 1. The number of nitrogens with zero attached hydrogens (tertiary/aromatic N) is 1. The number of Topliss-reactive ketones (excluding diaryl/α,β-unsaturated/α-hetero) is 1. The minimum absolute atomic E-state index is 0.0189. The normalized spacial score (nSPS) is 16.8. The Morgan fingerprint density at radius 3 is 2.92 bits per heavy atom. The van der Waals surface area contributed by atoms with Crippen molar-refractivity contribution in [3.8, 4) is 6.07 Å². The van der Waals surface area contributed by atoms with Crippen molar-refractivity contribution in [2.75, 3.05) is 19.7 Å². The highest BCUT2D eigenvalue weighted by Crippen LogP contribution is 2.22. The Bertz CT molecular complexity index is 823. The topological polar surface area (TPSA) is 62.1 Å². The molecule has 4 nitrogen and oxygen atoms in total. The van der Waals surface area contributed by atoms with Crippen LogP contribution in [0.2, 0.25) is 0 Å². The molecular weight excluding hydrogens is 331 g/mol. The van der Waals surface area contributed by atoms with E-state index in [0.717, 1.165) is 17.7 Å². The number of benzene rings is 2. The SMILES string of the molecule is N#Cc1cccc(CCC(=O)Cc2ccc([C@H]3CNCCO3)cc2F)c1. The molecule has 0 unspecified atom stereocenters. The van der Waals surface area contributed by atoms with Crippen LogP contribution in [0, 0.1) is 17.1 Å². The van der Waals surface area contributed by atoms with Crippen LogP contribution in [0.3, 0.4) is 0 Å². The van der Waals surface area contributed by atoms with Crippen LogP contribution in [0.1, 0.15) is 34.8 Å². The lowest BCUT2D eigenvalue weighted by Gasteiger charge is -2.24. The number of morpholine rings is 1. The largest absolute Gasteiger partial charge is 0.371 e. The summed E-state index contributed by atoms with van der Waals surface area (Å²) >= 11 is 0. The predicted octanol–water partition coefficient (Wildman–Crippen LogP) is 3.10. The Balaban J connectivity index is 1.57. The summed E-state index contributed by atoms with van der Waals surface area (Å²) < 4.78 is 20.0. The fourth-order valence-electron chi connectivity index (χ4n) is 3.07. The Morgan fingerprint density at radius 2 is 2.19 bits per heavy atom. The minimum Gasteiger partial charge on any atom is -0.371 e. The summed E-state index contributed by atoms with van der Waals surface area (Å²) in [5.41, 5.74) is 2.72. The molecule has 1 fully saturated rings. The first kappa shape index (κ1) is 18.2. The van der Waals surface area contributed by atoms with E-state index in [1.165, 1.54) is 6.07 Å². The molecule has 5 heteroatoms. The monoisotopic (exact) mass is 352 g/mol. The van der Waals surface area contributed by atoms with Crippen molar-refractivity contribution < 1.29 is 13.9 Å². The second-order valence-electron chi connectivity index (χ2n) is 6.44. The molecule has 0 bridgehead atoms. The quantitative estimate of drug-likeness (QED) is 0.868. The van der Waals surface area contributed by atoms with E-state index in [9.17, 15) is 9.18 Å². The van der Waals surface area contributed by atoms with Gasteiger partial charge in [0.05, 0.1) is 24.3 Å². The maximum absolute atomic E-state index is 14.4. The lowest BCUT2D eigenvalue weighted by Crippen LogP contribution is -2.33. The number of halogens is 1. The van der Waals surface area contributed by atoms with Gasteiger partial charge in [-0.1, -0.05) is 24.3 Å². The molecule has 134 valence electrons. The number of ketones is 1. The molecular formula is C21H21FN2O2. The van der Waals surface area contributed by atoms with Gasteiger partial charge in [0, 0.05) is 25.9 Å². The van der Waals surface area contributed by atoms with E-state index < -0.39 is 0 Å². The zero-order chi connectivity index (χ0) is 18.4. The third kappa shape index (κ3) is 4.75. The maximum atomic E-state index is 14.4. The molecule has 0 saturated carbocycles. The first-order chi connectivity index (χ1) is 12.7. The Hall–Kier alpha value is -2.55. The van der Waals surface area contributed by atoms with E-state index >= 15 is 0 Å². The van der Waals surface area contributed by atoms with E-state index in [4.69, 9.17) is 10.00 Å². The van der Waals surface area contributed by atoms with Gasteiger partial charge >= 0.3 is 0 Å². The van der Waals surface area contributed by atoms with Crippen LogP contribution < -0.4 is 5.32 Å². The van der Waals surface area contributed by atoms with Crippen LogP contribution in [0.25, 0.3) is 0 Å². The molecule has 2 aromatic carbocycles. The average Bonchev–Trinajstić information content (AvgIpc) is 2.69. The number of hydrogen-bond donors (Lipinski definition) is 1. The van der Waals surface area contributed by atoms with Crippen LogP contribution >= 0.6 is 0 Å². The highest BCUT2D eigenvalue weighted by Gasteiger charge is 2.17. The molecule has 0 radical (unpaired) electrons. The van der Waals surface area contributed by atoms with Crippen molar-refractivity contribution in [1.82, 2.24) is 5.32 Å². The number of nitriles is 1. The molecule has 0 aliphatic carbocycles. The zero-order valence-electron chi connectivity index (χ0n) is 14.5. The third-order valence-corrected chi connectivity index (χ3v) is 4.51. The fraction of sp³-hybridized carbons (Fsp3) is 0.333. The molecule has 3 rings (SSSR count). The van der Waals surface area contributed by atoms with E-state index in [1.54, 1.807) is 24.3 Å². The lowest BCUT2D eigenvalue weighted by molar-refractivity contribution is -0.118. The molecule has 0 spiro atoms. The smallest absolute Gasteiger partial charge is 0.137 e. The summed E-state index contributed by atoms with van der Waals surface area (Å²) in [6.45, 7) is 2.09. The summed E-state index contributed by atoms with van der Waals surface area (Å²) in [5.74, 6) is -0.383. The van der Waals surface area contributed by atoms with Gasteiger partial charge in [0.2, 0.25) is 0 Å². The van der Waals surface area contributed by atoms with Crippen molar-refractivity contribution in [2.24, 2.45) is 0 Å². The van der Waals surface area contributed by atoms with Gasteiger partial charge in [-0.15, -0.1) is 0 Å². The summed E-state index contributed by atoms with van der Waals surface area (Å²) in [6, 6.07) is 14.3. The summed E-state index contributed by atoms with van der Waals surface area (Å²) in [7, 11) is 0. The number of carbonyl (C=O) groups excluding carboxylic acids is 1. The van der Waals surface area contributed by atoms with Gasteiger partial charge in [0.15, 0.2) is 0 Å². The summed E-state index contributed by atoms with van der Waals surface area (Å²) in [5, 5.41) is 12.1. The van der Waals surface area contributed by atoms with E-state index in [0.29, 0.717) is 37.1 Å². The van der Waals surface area contributed by atoms with Crippen molar-refractivity contribution in [3.05, 3.63) is 70.5 Å². The molecule has 1 saturated heterocycles. The minimum atomic E-state index is -0.364. The Labute approximate surface area is 152 Å². The van der Waals surface area contributed by atoms with E-state index in [1.807, 2.05) is 12.1 Å². The first-order valence-electron chi connectivity index (χ1n) is 8.77. The maximum Gasteiger partial charge on any atom is 0.137 e. The summed E-state index contributed by atoms with van der Waals surface area (Å²) in [4.78, 5) is 12.2. The standard InChI is InChI=1S/C21H21FN2O2/c22-20-12-18(21-14-24-8-9-26-21)6-5-17(20)11-19(25)7-4-15-2-1-3-16(10-15)13-23/h1-3,5-6,10,12,21,24H,4,7-9,11,14H2/t21-/m1/s1. The molecule has 1 N–H and O–H groups in total. The van der Waals surface area contributed by atoms with Crippen LogP contribution in [0.15, 0.2) is 42.5 Å². The highest BCUT2D eigenvalue weighted by atomic mass is 19.1. The molecule has 1 atom stereocenters. The van der Waals surface area contributed by atoms with Crippen LogP contribution in [0.5, 0.6) is 0 Å². The zero-order valence-corrected chi connectivity index (χ0v) is 14.5. The molecule has 1 aliphatic heterocycles. The average molecular weight is 352 g/mol. The van der Waals surface area contributed by atoms with E-state index in [2.05, 4.69) is 11.4 Å². The van der Waals surface area contributed by atoms with Crippen LogP contribution in [-0.2, 0) is 22.4 Å². The highest BCUT2D eigenvalue weighted by molar-refractivity contribution is 5.81. The molecule has 2 aromatic rings. The fourth-order valence-corrected chi connectivity index (χ4v) is 3.07. The molecule has 1 heterocycles. The Kier molecular flexibility index (Phi) is 6.11. The van der Waals surface area contributed by atoms with Gasteiger partial charge in [-0.25, -0.2) is 4.39 Å². The van der Waals surface area contributed by atoms with Crippen LogP contribution in [0.4, 0.5) is 4.39 Å². The van der Waals surface area contributed by atoms with Gasteiger partial charge in [-0.3, -0.25) is 4.79 Å². The second-order valence-corrected chi connectivity index (χ2v) is 6.44. The second kappa shape index (κ2) is 8.70. The van der Waals surface area contributed by atoms with Crippen molar-refractivity contribution >= 4 is 5.78 Å². The molecule has 1 aliphatic rings. The van der Waals surface area contributed by atoms with Crippen molar-refractivity contribution in [1.29, 1.82) is 5.26 Å². The van der Waals surface area contributed by atoms with Crippen molar-refractivity contribution in [3.63, 3.8) is 0 Å². The number of rotatable bonds is 6. The van der Waals surface area contributed by atoms with Gasteiger partial charge in [-0.2, -0.15) is 5.26 Å².